The highest BCUT2D eigenvalue weighted by atomic mass is 16.6. The van der Waals surface area contributed by atoms with Gasteiger partial charge in [-0.05, 0) is 17.7 Å². The van der Waals surface area contributed by atoms with Gasteiger partial charge in [0.15, 0.2) is 0 Å². The van der Waals surface area contributed by atoms with Crippen molar-refractivity contribution in [2.24, 2.45) is 0 Å². The second-order valence-corrected chi connectivity index (χ2v) is 3.29. The summed E-state index contributed by atoms with van der Waals surface area (Å²) in [5.74, 6) is 0. The quantitative estimate of drug-likeness (QED) is 0.565. The van der Waals surface area contributed by atoms with Gasteiger partial charge in [0.05, 0.1) is 5.52 Å². The number of nitro groups is 1. The summed E-state index contributed by atoms with van der Waals surface area (Å²) in [6.45, 7) is -0.0337. The number of para-hydroxylation sites is 1. The van der Waals surface area contributed by atoms with Gasteiger partial charge in [-0.2, -0.15) is 0 Å². The number of hydrogen-bond acceptors (Lipinski definition) is 3. The standard InChI is InChI=1S/C11H10N2O2/c14-13(15)8-6-9-5-7-12-11-4-2-1-3-10(9)11/h1-5,7H,6,8H2. The van der Waals surface area contributed by atoms with Crippen molar-refractivity contribution in [3.63, 3.8) is 0 Å². The average Bonchev–Trinajstić information content (AvgIpc) is 2.26. The summed E-state index contributed by atoms with van der Waals surface area (Å²) in [5.41, 5.74) is 1.87. The van der Waals surface area contributed by atoms with Crippen molar-refractivity contribution in [3.05, 3.63) is 52.2 Å². The van der Waals surface area contributed by atoms with Gasteiger partial charge in [-0.1, -0.05) is 18.2 Å². The van der Waals surface area contributed by atoms with Gasteiger partial charge in [0, 0.05) is 22.9 Å². The molecule has 1 heterocycles. The molecule has 0 unspecified atom stereocenters. The monoisotopic (exact) mass is 202 g/mol. The van der Waals surface area contributed by atoms with Crippen molar-refractivity contribution >= 4 is 10.9 Å². The number of rotatable bonds is 3. The predicted octanol–water partition coefficient (Wildman–Crippen LogP) is 2.05. The van der Waals surface area contributed by atoms with E-state index < -0.39 is 0 Å². The summed E-state index contributed by atoms with van der Waals surface area (Å²) in [4.78, 5) is 14.2. The van der Waals surface area contributed by atoms with Crippen LogP contribution >= 0.6 is 0 Å². The van der Waals surface area contributed by atoms with Crippen LogP contribution < -0.4 is 0 Å². The molecule has 76 valence electrons. The van der Waals surface area contributed by atoms with Crippen LogP contribution in [0.1, 0.15) is 5.56 Å². The van der Waals surface area contributed by atoms with E-state index in [4.69, 9.17) is 0 Å². The molecule has 0 spiro atoms. The Morgan fingerprint density at radius 2 is 2.07 bits per heavy atom. The molecular formula is C11H10N2O2. The fraction of sp³-hybridized carbons (Fsp3) is 0.182. The summed E-state index contributed by atoms with van der Waals surface area (Å²) in [6, 6.07) is 9.51. The van der Waals surface area contributed by atoms with Crippen LogP contribution in [0.2, 0.25) is 0 Å². The topological polar surface area (TPSA) is 56.0 Å². The Bertz CT molecular complexity index is 491. The van der Waals surface area contributed by atoms with Gasteiger partial charge in [0.2, 0.25) is 6.54 Å². The van der Waals surface area contributed by atoms with Crippen molar-refractivity contribution in [2.75, 3.05) is 6.54 Å². The van der Waals surface area contributed by atoms with Crippen LogP contribution in [0.4, 0.5) is 0 Å². The molecule has 0 atom stereocenters. The van der Waals surface area contributed by atoms with Crippen LogP contribution in [0.25, 0.3) is 10.9 Å². The lowest BCUT2D eigenvalue weighted by atomic mass is 10.1. The smallest absolute Gasteiger partial charge is 0.207 e. The molecule has 0 bridgehead atoms. The summed E-state index contributed by atoms with van der Waals surface area (Å²) in [5, 5.41) is 11.3. The van der Waals surface area contributed by atoms with E-state index in [0.717, 1.165) is 16.5 Å². The first kappa shape index (κ1) is 9.58. The molecule has 0 aliphatic carbocycles. The zero-order valence-electron chi connectivity index (χ0n) is 8.09. The minimum atomic E-state index is -0.296. The maximum absolute atomic E-state index is 10.3. The number of nitrogens with zero attached hydrogens (tertiary/aromatic N) is 2. The van der Waals surface area contributed by atoms with Crippen molar-refractivity contribution in [2.45, 2.75) is 6.42 Å². The highest BCUT2D eigenvalue weighted by Crippen LogP contribution is 2.16. The molecule has 0 amide bonds. The van der Waals surface area contributed by atoms with Gasteiger partial charge in [-0.3, -0.25) is 15.1 Å². The van der Waals surface area contributed by atoms with Gasteiger partial charge in [0.1, 0.15) is 0 Å². The average molecular weight is 202 g/mol. The van der Waals surface area contributed by atoms with Crippen molar-refractivity contribution < 1.29 is 4.92 Å². The summed E-state index contributed by atoms with van der Waals surface area (Å²) < 4.78 is 0. The number of fused-ring (bicyclic) bond motifs is 1. The number of pyridine rings is 1. The second kappa shape index (κ2) is 4.04. The summed E-state index contributed by atoms with van der Waals surface area (Å²) in [7, 11) is 0. The van der Waals surface area contributed by atoms with Gasteiger partial charge >= 0.3 is 0 Å². The maximum atomic E-state index is 10.3. The molecule has 0 saturated carbocycles. The predicted molar refractivity (Wildman–Crippen MR) is 57.3 cm³/mol. The molecule has 15 heavy (non-hydrogen) atoms. The Labute approximate surface area is 86.7 Å². The van der Waals surface area contributed by atoms with Crippen LogP contribution in [0.5, 0.6) is 0 Å². The Morgan fingerprint density at radius 1 is 1.27 bits per heavy atom. The first-order valence-electron chi connectivity index (χ1n) is 4.72. The first-order valence-corrected chi connectivity index (χ1v) is 4.72. The molecule has 0 fully saturated rings. The highest BCUT2D eigenvalue weighted by molar-refractivity contribution is 5.81. The molecule has 0 radical (unpaired) electrons. The van der Waals surface area contributed by atoms with Crippen LogP contribution in [-0.4, -0.2) is 16.5 Å². The third-order valence-corrected chi connectivity index (χ3v) is 2.30. The zero-order chi connectivity index (χ0) is 10.7. The Hall–Kier alpha value is -1.97. The molecule has 0 saturated heterocycles. The van der Waals surface area contributed by atoms with Crippen LogP contribution in [0.3, 0.4) is 0 Å². The SMILES string of the molecule is O=[N+]([O-])CCc1ccnc2ccccc12. The third kappa shape index (κ3) is 2.10. The summed E-state index contributed by atoms with van der Waals surface area (Å²) in [6.07, 6.45) is 2.15. The molecule has 4 heteroatoms. The van der Waals surface area contributed by atoms with Crippen molar-refractivity contribution in [3.8, 4) is 0 Å². The number of benzene rings is 1. The second-order valence-electron chi connectivity index (χ2n) is 3.29. The summed E-state index contributed by atoms with van der Waals surface area (Å²) >= 11 is 0. The van der Waals surface area contributed by atoms with E-state index in [9.17, 15) is 10.1 Å². The van der Waals surface area contributed by atoms with Gasteiger partial charge in [-0.15, -0.1) is 0 Å². The Balaban J connectivity index is 2.38. The lowest BCUT2D eigenvalue weighted by molar-refractivity contribution is -0.479. The van der Waals surface area contributed by atoms with E-state index in [1.54, 1.807) is 6.20 Å². The van der Waals surface area contributed by atoms with Crippen LogP contribution in [0.15, 0.2) is 36.5 Å². The normalized spacial score (nSPS) is 10.4. The van der Waals surface area contributed by atoms with Gasteiger partial charge < -0.3 is 0 Å². The molecule has 0 N–H and O–H groups in total. The molecular weight excluding hydrogens is 192 g/mol. The van der Waals surface area contributed by atoms with Gasteiger partial charge in [0.25, 0.3) is 0 Å². The molecule has 1 aromatic carbocycles. The lowest BCUT2D eigenvalue weighted by Crippen LogP contribution is -2.04. The van der Waals surface area contributed by atoms with Crippen LogP contribution in [-0.2, 0) is 6.42 Å². The van der Waals surface area contributed by atoms with Gasteiger partial charge in [-0.25, -0.2) is 0 Å². The Morgan fingerprint density at radius 3 is 2.87 bits per heavy atom. The van der Waals surface area contributed by atoms with E-state index in [1.165, 1.54) is 0 Å². The Kier molecular flexibility index (Phi) is 2.58. The largest absolute Gasteiger partial charge is 0.265 e. The molecule has 1 aromatic heterocycles. The fourth-order valence-corrected chi connectivity index (χ4v) is 1.58. The van der Waals surface area contributed by atoms with E-state index in [2.05, 4.69) is 4.98 Å². The minimum absolute atomic E-state index is 0.0337. The first-order chi connectivity index (χ1) is 7.27. The van der Waals surface area contributed by atoms with E-state index in [1.807, 2.05) is 30.3 Å². The lowest BCUT2D eigenvalue weighted by Gasteiger charge is -2.02. The number of hydrogen-bond donors (Lipinski definition) is 0. The van der Waals surface area contributed by atoms with Crippen molar-refractivity contribution in [1.82, 2.24) is 4.98 Å². The highest BCUT2D eigenvalue weighted by Gasteiger charge is 2.04. The maximum Gasteiger partial charge on any atom is 0.207 e. The third-order valence-electron chi connectivity index (χ3n) is 2.30. The van der Waals surface area contributed by atoms with Crippen LogP contribution in [0, 0.1) is 10.1 Å². The molecule has 0 aliphatic heterocycles. The number of aromatic nitrogens is 1. The molecule has 4 nitrogen and oxygen atoms in total. The molecule has 2 aromatic rings. The molecule has 0 aliphatic rings. The van der Waals surface area contributed by atoms with E-state index >= 15 is 0 Å². The van der Waals surface area contributed by atoms with E-state index in [0.29, 0.717) is 6.42 Å². The molecule has 2 rings (SSSR count). The van der Waals surface area contributed by atoms with E-state index in [-0.39, 0.29) is 11.5 Å². The minimum Gasteiger partial charge on any atom is -0.265 e. The zero-order valence-corrected chi connectivity index (χ0v) is 8.09. The van der Waals surface area contributed by atoms with Crippen molar-refractivity contribution in [1.29, 1.82) is 0 Å². The fourth-order valence-electron chi connectivity index (χ4n) is 1.58.